The van der Waals surface area contributed by atoms with Crippen molar-refractivity contribution in [3.05, 3.63) is 0 Å². The minimum absolute atomic E-state index is 0.378. The van der Waals surface area contributed by atoms with Crippen LogP contribution in [-0.4, -0.2) is 27.2 Å². The van der Waals surface area contributed by atoms with Gasteiger partial charge in [0.1, 0.15) is 0 Å². The van der Waals surface area contributed by atoms with E-state index in [0.29, 0.717) is 5.41 Å². The summed E-state index contributed by atoms with van der Waals surface area (Å²) in [5.41, 5.74) is 0.378. The first-order valence-corrected chi connectivity index (χ1v) is 3.41. The number of hydrogen-bond donors (Lipinski definition) is 2. The molecule has 0 saturated carbocycles. The van der Waals surface area contributed by atoms with Gasteiger partial charge in [-0.15, -0.1) is 0 Å². The number of hydrogen-bond acceptors (Lipinski definition) is 2. The van der Waals surface area contributed by atoms with Gasteiger partial charge in [-0.3, -0.25) is 0 Å². The molecule has 0 aromatic carbocycles. The number of rotatable bonds is 4. The molecule has 0 aromatic rings. The minimum atomic E-state index is 0.378. The zero-order valence-electron chi connectivity index (χ0n) is 6.91. The summed E-state index contributed by atoms with van der Waals surface area (Å²) >= 11 is 0. The van der Waals surface area contributed by atoms with E-state index in [1.54, 1.807) is 0 Å². The van der Waals surface area contributed by atoms with E-state index in [1.807, 2.05) is 14.1 Å². The van der Waals surface area contributed by atoms with Gasteiger partial charge in [-0.25, -0.2) is 0 Å². The van der Waals surface area contributed by atoms with Crippen LogP contribution >= 0.6 is 0 Å². The predicted octanol–water partition coefficient (Wildman–Crippen LogP) is 0.451. The quantitative estimate of drug-likeness (QED) is 0.577. The Hall–Kier alpha value is -0.0800. The predicted molar refractivity (Wildman–Crippen MR) is 41.6 cm³/mol. The van der Waals surface area contributed by atoms with Crippen LogP contribution in [0.1, 0.15) is 13.8 Å². The van der Waals surface area contributed by atoms with Crippen molar-refractivity contribution >= 4 is 0 Å². The van der Waals surface area contributed by atoms with Gasteiger partial charge in [0.05, 0.1) is 0 Å². The van der Waals surface area contributed by atoms with Crippen molar-refractivity contribution < 1.29 is 0 Å². The van der Waals surface area contributed by atoms with Crippen molar-refractivity contribution in [3.63, 3.8) is 0 Å². The van der Waals surface area contributed by atoms with E-state index in [1.165, 1.54) is 0 Å². The second-order valence-electron chi connectivity index (χ2n) is 3.22. The molecule has 0 fully saturated rings. The van der Waals surface area contributed by atoms with Gasteiger partial charge >= 0.3 is 0 Å². The van der Waals surface area contributed by atoms with E-state index in [-0.39, 0.29) is 0 Å². The maximum absolute atomic E-state index is 3.15. The van der Waals surface area contributed by atoms with Crippen LogP contribution in [-0.2, 0) is 0 Å². The first-order valence-electron chi connectivity index (χ1n) is 3.41. The average Bonchev–Trinajstić information content (AvgIpc) is 1.64. The molecule has 0 radical (unpaired) electrons. The van der Waals surface area contributed by atoms with Crippen LogP contribution in [0.15, 0.2) is 0 Å². The van der Waals surface area contributed by atoms with Crippen LogP contribution in [0.5, 0.6) is 0 Å². The fourth-order valence-electron chi connectivity index (χ4n) is 1.02. The van der Waals surface area contributed by atoms with Gasteiger partial charge in [-0.2, -0.15) is 0 Å². The van der Waals surface area contributed by atoms with E-state index in [9.17, 15) is 0 Å². The largest absolute Gasteiger partial charge is 0.319 e. The third-order valence-corrected chi connectivity index (χ3v) is 1.31. The van der Waals surface area contributed by atoms with Gasteiger partial charge < -0.3 is 10.6 Å². The first-order chi connectivity index (χ1) is 4.12. The molecule has 2 nitrogen and oxygen atoms in total. The summed E-state index contributed by atoms with van der Waals surface area (Å²) < 4.78 is 0. The lowest BCUT2D eigenvalue weighted by molar-refractivity contribution is 0.340. The fraction of sp³-hybridized carbons (Fsp3) is 1.00. The Bertz CT molecular complexity index is 61.3. The van der Waals surface area contributed by atoms with Crippen molar-refractivity contribution in [1.29, 1.82) is 0 Å². The minimum Gasteiger partial charge on any atom is -0.319 e. The maximum Gasteiger partial charge on any atom is 0.00117 e. The molecule has 0 heterocycles. The van der Waals surface area contributed by atoms with Crippen LogP contribution in [0.25, 0.3) is 0 Å². The summed E-state index contributed by atoms with van der Waals surface area (Å²) in [7, 11) is 3.97. The standard InChI is InChI=1S/C7H18N2/c1-7(2,5-8-3)6-9-4/h8-9H,5-6H2,1-4H3. The molecule has 2 heteroatoms. The highest BCUT2D eigenvalue weighted by Crippen LogP contribution is 2.10. The molecule has 0 rings (SSSR count). The summed E-state index contributed by atoms with van der Waals surface area (Å²) in [5, 5.41) is 6.31. The second-order valence-corrected chi connectivity index (χ2v) is 3.22. The topological polar surface area (TPSA) is 24.1 Å². The lowest BCUT2D eigenvalue weighted by atomic mass is 9.94. The Labute approximate surface area is 58.0 Å². The summed E-state index contributed by atoms with van der Waals surface area (Å²) in [6.45, 7) is 6.60. The van der Waals surface area contributed by atoms with Crippen molar-refractivity contribution in [2.24, 2.45) is 5.41 Å². The Morgan fingerprint density at radius 2 is 1.33 bits per heavy atom. The monoisotopic (exact) mass is 130 g/mol. The van der Waals surface area contributed by atoms with Gasteiger partial charge in [-0.1, -0.05) is 13.8 Å². The van der Waals surface area contributed by atoms with Gasteiger partial charge in [0, 0.05) is 13.1 Å². The third kappa shape index (κ3) is 4.43. The van der Waals surface area contributed by atoms with Gasteiger partial charge in [0.15, 0.2) is 0 Å². The summed E-state index contributed by atoms with van der Waals surface area (Å²) in [5.74, 6) is 0. The molecule has 9 heavy (non-hydrogen) atoms. The zero-order chi connectivity index (χ0) is 7.33. The summed E-state index contributed by atoms with van der Waals surface area (Å²) in [4.78, 5) is 0. The first kappa shape index (κ1) is 8.92. The highest BCUT2D eigenvalue weighted by molar-refractivity contribution is 4.71. The van der Waals surface area contributed by atoms with Crippen LogP contribution in [0, 0.1) is 5.41 Å². The van der Waals surface area contributed by atoms with Gasteiger partial charge in [0.25, 0.3) is 0 Å². The zero-order valence-corrected chi connectivity index (χ0v) is 6.91. The van der Waals surface area contributed by atoms with Crippen LogP contribution in [0.3, 0.4) is 0 Å². The molecule has 0 spiro atoms. The van der Waals surface area contributed by atoms with Crippen LogP contribution in [0.4, 0.5) is 0 Å². The lowest BCUT2D eigenvalue weighted by Crippen LogP contribution is -2.35. The van der Waals surface area contributed by atoms with E-state index in [2.05, 4.69) is 24.5 Å². The highest BCUT2D eigenvalue weighted by atomic mass is 14.9. The van der Waals surface area contributed by atoms with Gasteiger partial charge in [0.2, 0.25) is 0 Å². The molecular weight excluding hydrogens is 112 g/mol. The Morgan fingerprint density at radius 1 is 1.00 bits per heavy atom. The molecule has 56 valence electrons. The Kier molecular flexibility index (Phi) is 3.82. The fourth-order valence-corrected chi connectivity index (χ4v) is 1.02. The molecular formula is C7H18N2. The van der Waals surface area contributed by atoms with Crippen LogP contribution in [0.2, 0.25) is 0 Å². The summed E-state index contributed by atoms with van der Waals surface area (Å²) in [6.07, 6.45) is 0. The third-order valence-electron chi connectivity index (χ3n) is 1.31. The van der Waals surface area contributed by atoms with Crippen molar-refractivity contribution in [2.45, 2.75) is 13.8 Å². The molecule has 0 bridgehead atoms. The van der Waals surface area contributed by atoms with E-state index in [4.69, 9.17) is 0 Å². The molecule has 0 amide bonds. The molecule has 0 aromatic heterocycles. The molecule has 0 aliphatic carbocycles. The molecule has 0 unspecified atom stereocenters. The van der Waals surface area contributed by atoms with Crippen LogP contribution < -0.4 is 10.6 Å². The lowest BCUT2D eigenvalue weighted by Gasteiger charge is -2.23. The number of nitrogens with one attached hydrogen (secondary N) is 2. The Balaban J connectivity index is 3.43. The van der Waals surface area contributed by atoms with E-state index < -0.39 is 0 Å². The van der Waals surface area contributed by atoms with Crippen molar-refractivity contribution in [1.82, 2.24) is 10.6 Å². The summed E-state index contributed by atoms with van der Waals surface area (Å²) in [6, 6.07) is 0. The molecule has 0 saturated heterocycles. The van der Waals surface area contributed by atoms with Crippen molar-refractivity contribution in [2.75, 3.05) is 27.2 Å². The average molecular weight is 130 g/mol. The SMILES string of the molecule is CNCC(C)(C)CNC. The second kappa shape index (κ2) is 3.85. The molecule has 0 atom stereocenters. The van der Waals surface area contributed by atoms with E-state index >= 15 is 0 Å². The molecule has 2 N–H and O–H groups in total. The maximum atomic E-state index is 3.15. The highest BCUT2D eigenvalue weighted by Gasteiger charge is 2.14. The van der Waals surface area contributed by atoms with E-state index in [0.717, 1.165) is 13.1 Å². The van der Waals surface area contributed by atoms with Crippen molar-refractivity contribution in [3.8, 4) is 0 Å². The normalized spacial score (nSPS) is 12.0. The molecule has 0 aliphatic heterocycles. The smallest absolute Gasteiger partial charge is 0.00117 e. The van der Waals surface area contributed by atoms with Gasteiger partial charge in [-0.05, 0) is 19.5 Å². The Morgan fingerprint density at radius 3 is 1.56 bits per heavy atom. The molecule has 0 aliphatic rings.